The van der Waals surface area contributed by atoms with Crippen LogP contribution in [0.4, 0.5) is 22.7 Å². The molecule has 4 aromatic rings. The number of aliphatic hydroxyl groups excluding tert-OH is 1. The van der Waals surface area contributed by atoms with E-state index in [-0.39, 0.29) is 42.1 Å². The molecule has 0 aromatic heterocycles. The van der Waals surface area contributed by atoms with Crippen LogP contribution in [0, 0.1) is 16.0 Å². The van der Waals surface area contributed by atoms with Gasteiger partial charge in [0.05, 0.1) is 38.4 Å². The molecule has 0 radical (unpaired) electrons. The maximum atomic E-state index is 14.9. The molecule has 1 saturated heterocycles. The molecule has 49 heavy (non-hydrogen) atoms. The summed E-state index contributed by atoms with van der Waals surface area (Å²) in [5.74, 6) is -0.249. The highest BCUT2D eigenvalue weighted by Crippen LogP contribution is 2.60. The summed E-state index contributed by atoms with van der Waals surface area (Å²) < 4.78 is 12.3. The molecular weight excluding hydrogens is 641 g/mol. The molecule has 1 spiro atoms. The Kier molecular flexibility index (Phi) is 9.05. The average Bonchev–Trinajstić information content (AvgIpc) is 3.51. The SMILES string of the molecule is COc1ccc([Si](C)(C)[C@H]2[C@H](CCO)O[C@@]3(C(=O)N(Cc4cccc(NC(=O)c5ccc(N)cc5)c4)c4ccc([N+](=O)[O-])cc43)[C@@H]2C)cc1. The first-order valence-corrected chi connectivity index (χ1v) is 19.3. The van der Waals surface area contributed by atoms with Gasteiger partial charge in [-0.15, -0.1) is 0 Å². The summed E-state index contributed by atoms with van der Waals surface area (Å²) in [6.45, 7) is 6.47. The molecule has 2 heterocycles. The highest BCUT2D eigenvalue weighted by molar-refractivity contribution is 6.91. The number of nitrogens with zero attached hydrogens (tertiary/aromatic N) is 2. The third-order valence-corrected chi connectivity index (χ3v) is 14.5. The summed E-state index contributed by atoms with van der Waals surface area (Å²) >= 11 is 0. The van der Waals surface area contributed by atoms with Crippen LogP contribution < -0.4 is 25.9 Å². The molecule has 11 nitrogen and oxygen atoms in total. The van der Waals surface area contributed by atoms with Gasteiger partial charge in [-0.25, -0.2) is 0 Å². The molecule has 0 unspecified atom stereocenters. The van der Waals surface area contributed by atoms with Gasteiger partial charge in [0.25, 0.3) is 17.5 Å². The summed E-state index contributed by atoms with van der Waals surface area (Å²) in [7, 11) is -0.801. The number of carbonyl (C=O) groups excluding carboxylic acids is 2. The molecule has 4 N–H and O–H groups in total. The van der Waals surface area contributed by atoms with E-state index in [0.717, 1.165) is 16.5 Å². The maximum absolute atomic E-state index is 14.9. The number of aliphatic hydroxyl groups is 1. The third-order valence-electron chi connectivity index (χ3n) is 10.1. The van der Waals surface area contributed by atoms with Gasteiger partial charge in [-0.1, -0.05) is 49.5 Å². The summed E-state index contributed by atoms with van der Waals surface area (Å²) in [4.78, 5) is 41.0. The standard InChI is InChI=1S/C37H40N4O7Si/c1-23-34(49(3,4)30-15-13-29(47-2)14-16-30)33(18-19-42)48-37(23)31-21-28(41(45)46)12-17-32(31)40(36(37)44)22-24-6-5-7-27(20-24)39-35(43)25-8-10-26(38)11-9-25/h5-17,20-21,23,33-34,42H,18-19,22,38H2,1-4H3,(H,39,43)/t23-,33+,34-,37+/m1/s1. The van der Waals surface area contributed by atoms with Crippen molar-refractivity contribution >= 4 is 47.8 Å². The molecule has 1 fully saturated rings. The fourth-order valence-corrected chi connectivity index (χ4v) is 11.8. The molecule has 2 amide bonds. The van der Waals surface area contributed by atoms with E-state index in [9.17, 15) is 24.8 Å². The van der Waals surface area contributed by atoms with Crippen molar-refractivity contribution in [3.63, 3.8) is 0 Å². The Morgan fingerprint density at radius 1 is 1.08 bits per heavy atom. The van der Waals surface area contributed by atoms with Crippen LogP contribution in [0.2, 0.25) is 18.6 Å². The number of ether oxygens (including phenoxy) is 2. The number of nitrogens with two attached hydrogens (primary N) is 1. The molecule has 6 rings (SSSR count). The van der Waals surface area contributed by atoms with E-state index in [4.69, 9.17) is 15.2 Å². The van der Waals surface area contributed by atoms with Crippen LogP contribution in [-0.2, 0) is 21.7 Å². The van der Waals surface area contributed by atoms with Gasteiger partial charge in [-0.3, -0.25) is 19.7 Å². The van der Waals surface area contributed by atoms with Crippen LogP contribution >= 0.6 is 0 Å². The Bertz CT molecular complexity index is 1900. The highest BCUT2D eigenvalue weighted by atomic mass is 28.3. The molecule has 254 valence electrons. The van der Waals surface area contributed by atoms with Crippen molar-refractivity contribution in [2.24, 2.45) is 5.92 Å². The van der Waals surface area contributed by atoms with Crippen LogP contribution in [-0.4, -0.2) is 49.7 Å². The topological polar surface area (TPSA) is 157 Å². The van der Waals surface area contributed by atoms with E-state index in [2.05, 4.69) is 30.5 Å². The first-order chi connectivity index (χ1) is 23.4. The third kappa shape index (κ3) is 5.96. The molecule has 2 aliphatic rings. The molecule has 4 aromatic carbocycles. The normalized spacial score (nSPS) is 21.5. The molecule has 0 saturated carbocycles. The summed E-state index contributed by atoms with van der Waals surface area (Å²) in [6, 6.07) is 26.3. The predicted octanol–water partition coefficient (Wildman–Crippen LogP) is 5.58. The Hall–Kier alpha value is -5.04. The minimum Gasteiger partial charge on any atom is -0.497 e. The first kappa shape index (κ1) is 33.8. The largest absolute Gasteiger partial charge is 0.497 e. The number of hydrogen-bond acceptors (Lipinski definition) is 8. The zero-order chi connectivity index (χ0) is 35.1. The van der Waals surface area contributed by atoms with E-state index >= 15 is 0 Å². The number of rotatable bonds is 10. The maximum Gasteiger partial charge on any atom is 0.269 e. The summed E-state index contributed by atoms with van der Waals surface area (Å²) in [5.41, 5.74) is 7.30. The van der Waals surface area contributed by atoms with E-state index in [1.165, 1.54) is 12.1 Å². The van der Waals surface area contributed by atoms with E-state index in [1.807, 2.05) is 25.1 Å². The Morgan fingerprint density at radius 3 is 2.45 bits per heavy atom. The molecule has 0 aliphatic carbocycles. The lowest BCUT2D eigenvalue weighted by Gasteiger charge is -2.37. The average molecular weight is 681 g/mol. The van der Waals surface area contributed by atoms with Gasteiger partial charge in [-0.2, -0.15) is 0 Å². The number of carbonyl (C=O) groups is 2. The minimum atomic E-state index is -2.42. The molecule has 0 bridgehead atoms. The summed E-state index contributed by atoms with van der Waals surface area (Å²) in [6.07, 6.45) is -0.150. The van der Waals surface area contributed by atoms with Gasteiger partial charge in [0.2, 0.25) is 0 Å². The van der Waals surface area contributed by atoms with Crippen molar-refractivity contribution in [1.82, 2.24) is 0 Å². The first-order valence-electron chi connectivity index (χ1n) is 16.2. The number of nitro groups is 1. The number of amides is 2. The van der Waals surface area contributed by atoms with Gasteiger partial charge in [0, 0.05) is 47.2 Å². The number of hydrogen-bond donors (Lipinski definition) is 3. The molecule has 2 aliphatic heterocycles. The van der Waals surface area contributed by atoms with Gasteiger partial charge in [0.1, 0.15) is 5.75 Å². The molecular formula is C37H40N4O7Si. The molecule has 4 atom stereocenters. The lowest BCUT2D eigenvalue weighted by molar-refractivity contribution is -0.385. The number of methoxy groups -OCH3 is 1. The number of anilines is 3. The van der Waals surface area contributed by atoms with Crippen molar-refractivity contribution < 1.29 is 29.1 Å². The number of nitrogen functional groups attached to an aromatic ring is 1. The van der Waals surface area contributed by atoms with Crippen molar-refractivity contribution in [3.05, 3.63) is 118 Å². The second kappa shape index (κ2) is 13.1. The Morgan fingerprint density at radius 2 is 1.80 bits per heavy atom. The number of benzene rings is 4. The summed E-state index contributed by atoms with van der Waals surface area (Å²) in [5, 5.41) is 26.2. The van der Waals surface area contributed by atoms with Crippen LogP contribution in [0.5, 0.6) is 5.75 Å². The lowest BCUT2D eigenvalue weighted by atomic mass is 9.82. The molecule has 12 heteroatoms. The lowest BCUT2D eigenvalue weighted by Crippen LogP contribution is -2.51. The van der Waals surface area contributed by atoms with Gasteiger partial charge in [-0.05, 0) is 72.1 Å². The number of nitro benzene ring substituents is 1. The number of non-ortho nitro benzene ring substituents is 1. The fourth-order valence-electron chi connectivity index (χ4n) is 7.74. The quantitative estimate of drug-likeness (QED) is 0.0848. The fraction of sp³-hybridized carbons (Fsp3) is 0.297. The Labute approximate surface area is 285 Å². The van der Waals surface area contributed by atoms with Crippen LogP contribution in [0.3, 0.4) is 0 Å². The van der Waals surface area contributed by atoms with Gasteiger partial charge in [0.15, 0.2) is 5.60 Å². The second-order valence-corrected chi connectivity index (χ2v) is 18.0. The van der Waals surface area contributed by atoms with Crippen molar-refractivity contribution in [1.29, 1.82) is 0 Å². The smallest absolute Gasteiger partial charge is 0.269 e. The number of fused-ring (bicyclic) bond motifs is 2. The number of nitrogens with one attached hydrogen (secondary N) is 1. The zero-order valence-electron chi connectivity index (χ0n) is 27.9. The van der Waals surface area contributed by atoms with Crippen LogP contribution in [0.25, 0.3) is 0 Å². The predicted molar refractivity (Wildman–Crippen MR) is 191 cm³/mol. The van der Waals surface area contributed by atoms with Gasteiger partial charge >= 0.3 is 0 Å². The van der Waals surface area contributed by atoms with Crippen molar-refractivity contribution in [3.8, 4) is 5.75 Å². The van der Waals surface area contributed by atoms with Crippen molar-refractivity contribution in [2.45, 2.75) is 50.2 Å². The van der Waals surface area contributed by atoms with Crippen molar-refractivity contribution in [2.75, 3.05) is 29.7 Å². The Balaban J connectivity index is 1.37. The highest BCUT2D eigenvalue weighted by Gasteiger charge is 2.66. The van der Waals surface area contributed by atoms with E-state index in [0.29, 0.717) is 34.6 Å². The van der Waals surface area contributed by atoms with Crippen LogP contribution in [0.1, 0.15) is 34.8 Å². The van der Waals surface area contributed by atoms with E-state index in [1.54, 1.807) is 60.5 Å². The van der Waals surface area contributed by atoms with E-state index < -0.39 is 24.7 Å². The monoisotopic (exact) mass is 680 g/mol. The minimum absolute atomic E-state index is 0.115. The van der Waals surface area contributed by atoms with Gasteiger partial charge < -0.3 is 30.5 Å². The van der Waals surface area contributed by atoms with Crippen LogP contribution in [0.15, 0.2) is 91.0 Å². The second-order valence-electron chi connectivity index (χ2n) is 13.3. The zero-order valence-corrected chi connectivity index (χ0v) is 28.9.